The normalized spacial score (nSPS) is 23.4. The molecule has 1 aromatic heterocycles. The first-order valence-corrected chi connectivity index (χ1v) is 7.32. The van der Waals surface area contributed by atoms with Crippen LogP contribution >= 0.6 is 0 Å². The molecule has 1 aliphatic rings. The molecule has 1 aliphatic carbocycles. The molecule has 3 rings (SSSR count). The summed E-state index contributed by atoms with van der Waals surface area (Å²) >= 11 is 0. The molecule has 2 aromatic rings. The number of pyridine rings is 1. The molecular weight excluding hydrogens is 250 g/mol. The van der Waals surface area contributed by atoms with Crippen LogP contribution in [0, 0.1) is 0 Å². The van der Waals surface area contributed by atoms with Gasteiger partial charge in [0.15, 0.2) is 0 Å². The van der Waals surface area contributed by atoms with Crippen molar-refractivity contribution in [2.45, 2.75) is 44.2 Å². The van der Waals surface area contributed by atoms with E-state index in [9.17, 15) is 5.11 Å². The van der Waals surface area contributed by atoms with Crippen molar-refractivity contribution in [3.05, 3.63) is 30.6 Å². The zero-order chi connectivity index (χ0) is 13.9. The van der Waals surface area contributed by atoms with E-state index in [1.165, 1.54) is 6.42 Å². The third kappa shape index (κ3) is 2.56. The van der Waals surface area contributed by atoms with Gasteiger partial charge in [0.25, 0.3) is 0 Å². The van der Waals surface area contributed by atoms with Crippen LogP contribution < -0.4 is 11.1 Å². The van der Waals surface area contributed by atoms with Gasteiger partial charge in [0.1, 0.15) is 0 Å². The molecule has 0 aliphatic heterocycles. The number of aliphatic hydroxyl groups is 1. The topological polar surface area (TPSA) is 71.2 Å². The lowest BCUT2D eigenvalue weighted by Gasteiger charge is -2.24. The first-order valence-electron chi connectivity index (χ1n) is 7.32. The van der Waals surface area contributed by atoms with E-state index in [2.05, 4.69) is 10.3 Å². The van der Waals surface area contributed by atoms with E-state index in [0.717, 1.165) is 47.8 Å². The Balaban J connectivity index is 1.88. The summed E-state index contributed by atoms with van der Waals surface area (Å²) in [4.78, 5) is 4.11. The van der Waals surface area contributed by atoms with E-state index in [-0.39, 0.29) is 12.1 Å². The van der Waals surface area contributed by atoms with Gasteiger partial charge in [-0.3, -0.25) is 4.98 Å². The Kier molecular flexibility index (Phi) is 3.74. The zero-order valence-electron chi connectivity index (χ0n) is 11.5. The molecule has 4 nitrogen and oxygen atoms in total. The average molecular weight is 271 g/mol. The van der Waals surface area contributed by atoms with Gasteiger partial charge in [-0.15, -0.1) is 0 Å². The van der Waals surface area contributed by atoms with Gasteiger partial charge in [-0.25, -0.2) is 0 Å². The van der Waals surface area contributed by atoms with E-state index < -0.39 is 0 Å². The Bertz CT molecular complexity index is 599. The zero-order valence-corrected chi connectivity index (χ0v) is 11.5. The second-order valence-corrected chi connectivity index (χ2v) is 5.58. The monoisotopic (exact) mass is 271 g/mol. The van der Waals surface area contributed by atoms with E-state index >= 15 is 0 Å². The smallest absolute Gasteiger partial charge is 0.0741 e. The van der Waals surface area contributed by atoms with Crippen molar-refractivity contribution in [3.63, 3.8) is 0 Å². The van der Waals surface area contributed by atoms with Crippen LogP contribution in [0.15, 0.2) is 30.6 Å². The third-order valence-electron chi connectivity index (χ3n) is 4.18. The van der Waals surface area contributed by atoms with Crippen LogP contribution in [0.2, 0.25) is 0 Å². The number of nitrogens with one attached hydrogen (secondary N) is 1. The van der Waals surface area contributed by atoms with Gasteiger partial charge in [0.2, 0.25) is 0 Å². The highest BCUT2D eigenvalue weighted by Gasteiger charge is 2.22. The molecule has 0 amide bonds. The fourth-order valence-electron chi connectivity index (χ4n) is 2.97. The van der Waals surface area contributed by atoms with Gasteiger partial charge in [-0.05, 0) is 25.0 Å². The molecule has 1 fully saturated rings. The summed E-state index contributed by atoms with van der Waals surface area (Å²) in [6.45, 7) is 0. The number of hydrogen-bond donors (Lipinski definition) is 3. The summed E-state index contributed by atoms with van der Waals surface area (Å²) in [5.74, 6) is 0. The molecule has 0 saturated heterocycles. The van der Waals surface area contributed by atoms with Gasteiger partial charge in [0, 0.05) is 23.2 Å². The predicted molar refractivity (Wildman–Crippen MR) is 82.7 cm³/mol. The summed E-state index contributed by atoms with van der Waals surface area (Å²) in [7, 11) is 0. The SMILES string of the molecule is Nc1c(NC2CCCCCC2O)ccc2cnccc12. The lowest BCUT2D eigenvalue weighted by Crippen LogP contribution is -2.32. The van der Waals surface area contributed by atoms with E-state index in [0.29, 0.717) is 0 Å². The Hall–Kier alpha value is -1.81. The molecule has 2 atom stereocenters. The lowest BCUT2D eigenvalue weighted by atomic mass is 10.0. The number of hydrogen-bond acceptors (Lipinski definition) is 4. The molecule has 1 saturated carbocycles. The number of fused-ring (bicyclic) bond motifs is 1. The second kappa shape index (κ2) is 5.67. The number of aromatic nitrogens is 1. The molecule has 1 heterocycles. The summed E-state index contributed by atoms with van der Waals surface area (Å²) in [5.41, 5.74) is 7.90. The van der Waals surface area contributed by atoms with Crippen molar-refractivity contribution in [1.82, 2.24) is 4.98 Å². The molecule has 106 valence electrons. The predicted octanol–water partition coefficient (Wildman–Crippen LogP) is 2.92. The molecular formula is C16H21N3O. The largest absolute Gasteiger partial charge is 0.397 e. The van der Waals surface area contributed by atoms with Crippen LogP contribution in [0.4, 0.5) is 11.4 Å². The van der Waals surface area contributed by atoms with E-state index in [1.54, 1.807) is 6.20 Å². The van der Waals surface area contributed by atoms with Crippen LogP contribution in [0.5, 0.6) is 0 Å². The Morgan fingerprint density at radius 1 is 1.15 bits per heavy atom. The lowest BCUT2D eigenvalue weighted by molar-refractivity contribution is 0.144. The number of anilines is 2. The second-order valence-electron chi connectivity index (χ2n) is 5.58. The van der Waals surface area contributed by atoms with Crippen LogP contribution in [0.25, 0.3) is 10.8 Å². The quantitative estimate of drug-likeness (QED) is 0.580. The summed E-state index contributed by atoms with van der Waals surface area (Å²) in [5, 5.41) is 15.7. The third-order valence-corrected chi connectivity index (χ3v) is 4.18. The van der Waals surface area contributed by atoms with Crippen LogP contribution in [-0.2, 0) is 0 Å². The van der Waals surface area contributed by atoms with Crippen molar-refractivity contribution in [2.75, 3.05) is 11.1 Å². The number of benzene rings is 1. The minimum Gasteiger partial charge on any atom is -0.397 e. The van der Waals surface area contributed by atoms with Gasteiger partial charge in [0.05, 0.1) is 23.5 Å². The minimum atomic E-state index is -0.287. The van der Waals surface area contributed by atoms with Crippen molar-refractivity contribution >= 4 is 22.1 Å². The van der Waals surface area contributed by atoms with Crippen molar-refractivity contribution < 1.29 is 5.11 Å². The number of aliphatic hydroxyl groups excluding tert-OH is 1. The molecule has 4 heteroatoms. The van der Waals surface area contributed by atoms with E-state index in [1.807, 2.05) is 24.4 Å². The first-order chi connectivity index (χ1) is 9.75. The Labute approximate surface area is 119 Å². The fraction of sp³-hybridized carbons (Fsp3) is 0.438. The summed E-state index contributed by atoms with van der Waals surface area (Å²) in [6.07, 6.45) is 8.62. The summed E-state index contributed by atoms with van der Waals surface area (Å²) < 4.78 is 0. The van der Waals surface area contributed by atoms with Gasteiger partial charge in [-0.1, -0.05) is 25.3 Å². The van der Waals surface area contributed by atoms with Crippen molar-refractivity contribution in [1.29, 1.82) is 0 Å². The molecule has 0 radical (unpaired) electrons. The van der Waals surface area contributed by atoms with Gasteiger partial charge >= 0.3 is 0 Å². The first kappa shape index (κ1) is 13.2. The number of rotatable bonds is 2. The highest BCUT2D eigenvalue weighted by atomic mass is 16.3. The Morgan fingerprint density at radius 3 is 2.90 bits per heavy atom. The van der Waals surface area contributed by atoms with Crippen molar-refractivity contribution in [2.24, 2.45) is 0 Å². The number of nitrogen functional groups attached to an aromatic ring is 1. The van der Waals surface area contributed by atoms with Gasteiger partial charge in [-0.2, -0.15) is 0 Å². The standard InChI is InChI=1S/C16H21N3O/c17-16-12-8-9-18-10-11(12)6-7-14(16)19-13-4-2-1-3-5-15(13)20/h6-10,13,15,19-20H,1-5,17H2. The molecule has 0 bridgehead atoms. The molecule has 0 spiro atoms. The van der Waals surface area contributed by atoms with Gasteiger partial charge < -0.3 is 16.2 Å². The van der Waals surface area contributed by atoms with Crippen molar-refractivity contribution in [3.8, 4) is 0 Å². The maximum Gasteiger partial charge on any atom is 0.0741 e. The maximum atomic E-state index is 10.2. The number of nitrogens with zero attached hydrogens (tertiary/aromatic N) is 1. The Morgan fingerprint density at radius 2 is 2.00 bits per heavy atom. The minimum absolute atomic E-state index is 0.0964. The van der Waals surface area contributed by atoms with Crippen LogP contribution in [0.3, 0.4) is 0 Å². The van der Waals surface area contributed by atoms with Crippen LogP contribution in [0.1, 0.15) is 32.1 Å². The molecule has 2 unspecified atom stereocenters. The molecule has 4 N–H and O–H groups in total. The highest BCUT2D eigenvalue weighted by molar-refractivity contribution is 5.98. The average Bonchev–Trinajstić information content (AvgIpc) is 2.67. The van der Waals surface area contributed by atoms with E-state index in [4.69, 9.17) is 5.73 Å². The molecule has 20 heavy (non-hydrogen) atoms. The van der Waals surface area contributed by atoms with Crippen LogP contribution in [-0.4, -0.2) is 22.2 Å². The molecule has 1 aromatic carbocycles. The maximum absolute atomic E-state index is 10.2. The number of nitrogens with two attached hydrogens (primary N) is 1. The fourth-order valence-corrected chi connectivity index (χ4v) is 2.97. The summed E-state index contributed by atoms with van der Waals surface area (Å²) in [6, 6.07) is 6.03. The highest BCUT2D eigenvalue weighted by Crippen LogP contribution is 2.30.